The fourth-order valence-corrected chi connectivity index (χ4v) is 4.57. The summed E-state index contributed by atoms with van der Waals surface area (Å²) in [7, 11) is -3.31. The van der Waals surface area contributed by atoms with E-state index < -0.39 is 40.7 Å². The number of aromatic nitrogens is 2. The molecular weight excluding hydrogens is 451 g/mol. The molecule has 2 N–H and O–H groups in total. The highest BCUT2D eigenvalue weighted by atomic mass is 32.2. The minimum atomic E-state index is -3.31. The summed E-state index contributed by atoms with van der Waals surface area (Å²) in [6.45, 7) is 2.47. The number of rotatable bonds is 6. The maximum Gasteiger partial charge on any atom is 0.410 e. The molecule has 1 aliphatic heterocycles. The molecule has 1 fully saturated rings. The number of benzene rings is 1. The lowest BCUT2D eigenvalue weighted by Crippen LogP contribution is -2.48. The van der Waals surface area contributed by atoms with Crippen molar-refractivity contribution >= 4 is 21.8 Å². The summed E-state index contributed by atoms with van der Waals surface area (Å²) >= 11 is 0. The molecule has 3 heterocycles. The Bertz CT molecular complexity index is 1290. The molecule has 33 heavy (non-hydrogen) atoms. The second kappa shape index (κ2) is 8.40. The summed E-state index contributed by atoms with van der Waals surface area (Å²) in [5.74, 6) is 0. The summed E-state index contributed by atoms with van der Waals surface area (Å²) < 4.78 is 46.5. The largest absolute Gasteiger partial charge is 0.465 e. The van der Waals surface area contributed by atoms with Gasteiger partial charge in [0.15, 0.2) is 0 Å². The molecule has 1 aliphatic rings. The Kier molecular flexibility index (Phi) is 5.89. The molecule has 9 nitrogen and oxygen atoms in total. The quantitative estimate of drug-likeness (QED) is 0.565. The van der Waals surface area contributed by atoms with Crippen molar-refractivity contribution in [3.63, 3.8) is 0 Å². The number of carbonyl (C=O) groups is 1. The zero-order chi connectivity index (χ0) is 24.0. The van der Waals surface area contributed by atoms with Gasteiger partial charge in [-0.2, -0.15) is 0 Å². The Morgan fingerprint density at radius 3 is 2.55 bits per heavy atom. The molecule has 1 saturated heterocycles. The monoisotopic (exact) mass is 476 g/mol. The van der Waals surface area contributed by atoms with E-state index in [1.165, 1.54) is 0 Å². The fraction of sp³-hybridized carbons (Fsp3) is 0.364. The first kappa shape index (κ1) is 23.1. The van der Waals surface area contributed by atoms with Crippen LogP contribution in [0.5, 0.6) is 0 Å². The van der Waals surface area contributed by atoms with Crippen molar-refractivity contribution in [2.75, 3.05) is 12.9 Å². The average molecular weight is 477 g/mol. The Morgan fingerprint density at radius 1 is 1.24 bits per heavy atom. The lowest BCUT2D eigenvalue weighted by atomic mass is 9.99. The van der Waals surface area contributed by atoms with Crippen LogP contribution in [0.2, 0.25) is 0 Å². The van der Waals surface area contributed by atoms with Gasteiger partial charge >= 0.3 is 6.09 Å². The number of alkyl halides is 1. The smallest absolute Gasteiger partial charge is 0.410 e. The van der Waals surface area contributed by atoms with E-state index >= 15 is 0 Å². The van der Waals surface area contributed by atoms with E-state index in [9.17, 15) is 22.7 Å². The molecule has 11 heteroatoms. The Labute approximate surface area is 190 Å². The lowest BCUT2D eigenvalue weighted by Gasteiger charge is -2.29. The van der Waals surface area contributed by atoms with Gasteiger partial charge in [0.25, 0.3) is 0 Å². The van der Waals surface area contributed by atoms with Crippen molar-refractivity contribution in [1.29, 1.82) is 0 Å². The highest BCUT2D eigenvalue weighted by molar-refractivity contribution is 7.88. The van der Waals surface area contributed by atoms with Gasteiger partial charge in [-0.1, -0.05) is 24.3 Å². The van der Waals surface area contributed by atoms with Crippen molar-refractivity contribution in [3.8, 4) is 11.1 Å². The van der Waals surface area contributed by atoms with Gasteiger partial charge in [0.1, 0.15) is 24.2 Å². The zero-order valence-corrected chi connectivity index (χ0v) is 19.2. The molecule has 176 valence electrons. The van der Waals surface area contributed by atoms with Crippen molar-refractivity contribution in [1.82, 2.24) is 19.0 Å². The highest BCUT2D eigenvalue weighted by Gasteiger charge is 2.50. The number of hydrogen-bond acceptors (Lipinski definition) is 5. The van der Waals surface area contributed by atoms with Crippen molar-refractivity contribution in [3.05, 3.63) is 60.0 Å². The highest BCUT2D eigenvalue weighted by Crippen LogP contribution is 2.41. The Morgan fingerprint density at radius 2 is 1.94 bits per heavy atom. The average Bonchev–Trinajstić information content (AvgIpc) is 3.28. The summed E-state index contributed by atoms with van der Waals surface area (Å²) in [5.41, 5.74) is 2.59. The summed E-state index contributed by atoms with van der Waals surface area (Å²) in [6.07, 6.45) is 2.75. The maximum absolute atomic E-state index is 13.8. The molecule has 2 aromatic heterocycles. The number of amides is 1. The minimum Gasteiger partial charge on any atom is -0.465 e. The van der Waals surface area contributed by atoms with Crippen LogP contribution in [0, 0.1) is 0 Å². The van der Waals surface area contributed by atoms with Crippen LogP contribution in [0.1, 0.15) is 31.2 Å². The van der Waals surface area contributed by atoms with Gasteiger partial charge in [-0.25, -0.2) is 27.3 Å². The van der Waals surface area contributed by atoms with E-state index in [1.54, 1.807) is 36.6 Å². The number of sulfonamides is 1. The van der Waals surface area contributed by atoms with Crippen molar-refractivity contribution in [2.24, 2.45) is 0 Å². The van der Waals surface area contributed by atoms with Gasteiger partial charge < -0.3 is 14.2 Å². The van der Waals surface area contributed by atoms with Crippen LogP contribution < -0.4 is 4.72 Å². The number of carboxylic acid groups (broad SMARTS) is 1. The predicted octanol–water partition coefficient (Wildman–Crippen LogP) is 3.18. The molecule has 3 aromatic rings. The van der Waals surface area contributed by atoms with E-state index in [4.69, 9.17) is 4.74 Å². The third-order valence-corrected chi connectivity index (χ3v) is 6.31. The van der Waals surface area contributed by atoms with E-state index in [-0.39, 0.29) is 6.54 Å². The normalized spacial score (nSPS) is 20.4. The summed E-state index contributed by atoms with van der Waals surface area (Å²) in [4.78, 5) is 17.1. The number of halogens is 1. The SMILES string of the molecule is CC1(C)O[C@H](c2ccc(-c3ccn4cc(CNS(C)(=O)=O)nc4c3)cc2)[C@@H](CF)N1C(=O)O. The van der Waals surface area contributed by atoms with Gasteiger partial charge in [0, 0.05) is 12.4 Å². The number of nitrogens with zero attached hydrogens (tertiary/aromatic N) is 3. The lowest BCUT2D eigenvalue weighted by molar-refractivity contribution is -0.0674. The first-order valence-electron chi connectivity index (χ1n) is 10.3. The van der Waals surface area contributed by atoms with Gasteiger partial charge in [0.2, 0.25) is 10.0 Å². The van der Waals surface area contributed by atoms with E-state index in [2.05, 4.69) is 9.71 Å². The van der Waals surface area contributed by atoms with Crippen LogP contribution >= 0.6 is 0 Å². The second-order valence-corrected chi connectivity index (χ2v) is 10.3. The second-order valence-electron chi connectivity index (χ2n) is 8.49. The molecule has 2 atom stereocenters. The summed E-state index contributed by atoms with van der Waals surface area (Å²) in [5, 5.41) is 9.51. The zero-order valence-electron chi connectivity index (χ0n) is 18.4. The number of hydrogen-bond donors (Lipinski definition) is 2. The molecule has 0 saturated carbocycles. The molecular formula is C22H25FN4O5S. The van der Waals surface area contributed by atoms with Crippen molar-refractivity contribution < 1.29 is 27.4 Å². The molecule has 0 spiro atoms. The molecule has 0 radical (unpaired) electrons. The maximum atomic E-state index is 13.8. The number of pyridine rings is 1. The number of imidazole rings is 1. The first-order chi connectivity index (χ1) is 15.5. The summed E-state index contributed by atoms with van der Waals surface area (Å²) in [6, 6.07) is 10.2. The molecule has 0 unspecified atom stereocenters. The number of nitrogens with one attached hydrogen (secondary N) is 1. The van der Waals surface area contributed by atoms with Crippen molar-refractivity contribution in [2.45, 2.75) is 38.3 Å². The molecule has 4 rings (SSSR count). The minimum absolute atomic E-state index is 0.103. The molecule has 0 aliphatic carbocycles. The standard InChI is InChI=1S/C22H25FN4O5S/c1-22(2)27(21(28)29)18(11-23)20(32-22)15-6-4-14(5-7-15)16-8-9-26-13-17(25-19(26)10-16)12-24-33(3,30)31/h4-10,13,18,20,24H,11-12H2,1-3H3,(H,28,29)/t18-,20-/m1/s1. The van der Waals surface area contributed by atoms with E-state index in [0.29, 0.717) is 16.9 Å². The molecule has 1 aromatic carbocycles. The number of ether oxygens (including phenoxy) is 1. The predicted molar refractivity (Wildman–Crippen MR) is 120 cm³/mol. The number of fused-ring (bicyclic) bond motifs is 1. The Hall–Kier alpha value is -3.02. The van der Waals surface area contributed by atoms with Gasteiger partial charge in [-0.15, -0.1) is 0 Å². The Balaban J connectivity index is 1.57. The van der Waals surface area contributed by atoms with E-state index in [0.717, 1.165) is 22.3 Å². The molecule has 0 bridgehead atoms. The van der Waals surface area contributed by atoms with Crippen LogP contribution in [0.25, 0.3) is 16.8 Å². The van der Waals surface area contributed by atoms with Gasteiger partial charge in [0.05, 0.1) is 24.5 Å². The topological polar surface area (TPSA) is 113 Å². The molecule has 1 amide bonds. The first-order valence-corrected chi connectivity index (χ1v) is 12.2. The fourth-order valence-electron chi connectivity index (χ4n) is 4.16. The van der Waals surface area contributed by atoms with Crippen LogP contribution in [-0.2, 0) is 21.3 Å². The van der Waals surface area contributed by atoms with Crippen LogP contribution in [-0.4, -0.2) is 58.6 Å². The van der Waals surface area contributed by atoms with E-state index in [1.807, 2.05) is 30.5 Å². The van der Waals surface area contributed by atoms with Crippen LogP contribution in [0.4, 0.5) is 9.18 Å². The van der Waals surface area contributed by atoms with Crippen LogP contribution in [0.15, 0.2) is 48.8 Å². The van der Waals surface area contributed by atoms with Gasteiger partial charge in [-0.05, 0) is 42.7 Å². The third-order valence-electron chi connectivity index (χ3n) is 5.64. The van der Waals surface area contributed by atoms with Crippen LogP contribution in [0.3, 0.4) is 0 Å². The third kappa shape index (κ3) is 4.70. The van der Waals surface area contributed by atoms with Gasteiger partial charge in [-0.3, -0.25) is 4.90 Å².